The summed E-state index contributed by atoms with van der Waals surface area (Å²) in [7, 11) is 0. The second-order valence-corrected chi connectivity index (χ2v) is 10.7. The third kappa shape index (κ3) is 5.25. The molecule has 0 atom stereocenters. The van der Waals surface area contributed by atoms with Crippen LogP contribution < -0.4 is 16.0 Å². The summed E-state index contributed by atoms with van der Waals surface area (Å²) in [6.45, 7) is 3.65. The number of hydrogen-bond donors (Lipinski definition) is 2. The number of allylic oxidation sites excluding steroid dienone is 4. The first-order valence-electron chi connectivity index (χ1n) is 13.7. The number of aromatic amines is 1. The molecule has 3 aromatic rings. The molecule has 12 nitrogen and oxygen atoms in total. The quantitative estimate of drug-likeness (QED) is 0.256. The average molecular weight is 559 g/mol. The number of nitrogens with zero attached hydrogens (tertiary/aromatic N) is 5. The number of nitrogens with one attached hydrogen (secondary N) is 1. The molecule has 1 aliphatic heterocycles. The predicted molar refractivity (Wildman–Crippen MR) is 153 cm³/mol. The summed E-state index contributed by atoms with van der Waals surface area (Å²) in [5.74, 6) is -1.17. The first-order chi connectivity index (χ1) is 19.8. The molecular formula is C29H30N6O6. The van der Waals surface area contributed by atoms with E-state index in [4.69, 9.17) is 0 Å². The molecule has 41 heavy (non-hydrogen) atoms. The van der Waals surface area contributed by atoms with Crippen LogP contribution in [0.4, 0.5) is 11.4 Å². The Labute approximate surface area is 234 Å². The fourth-order valence-electron chi connectivity index (χ4n) is 6.06. The van der Waals surface area contributed by atoms with Crippen molar-refractivity contribution >= 4 is 28.6 Å². The van der Waals surface area contributed by atoms with E-state index in [1.165, 1.54) is 11.1 Å². The lowest BCUT2D eigenvalue weighted by atomic mass is 9.84. The molecule has 1 aromatic carbocycles. The number of anilines is 1. The molecule has 2 aromatic heterocycles. The Morgan fingerprint density at radius 3 is 2.44 bits per heavy atom. The van der Waals surface area contributed by atoms with Gasteiger partial charge in [-0.05, 0) is 55.5 Å². The van der Waals surface area contributed by atoms with Crippen molar-refractivity contribution in [2.45, 2.75) is 38.8 Å². The fourth-order valence-corrected chi connectivity index (χ4v) is 6.06. The van der Waals surface area contributed by atoms with E-state index in [0.717, 1.165) is 73.5 Å². The Bertz CT molecular complexity index is 1700. The Hall–Kier alpha value is -4.71. The number of aliphatic carboxylic acids is 1. The first kappa shape index (κ1) is 26.5. The Morgan fingerprint density at radius 2 is 1.73 bits per heavy atom. The van der Waals surface area contributed by atoms with E-state index in [1.807, 2.05) is 12.3 Å². The van der Waals surface area contributed by atoms with Gasteiger partial charge in [0.15, 0.2) is 0 Å². The second-order valence-electron chi connectivity index (χ2n) is 10.7. The van der Waals surface area contributed by atoms with Crippen molar-refractivity contribution in [2.24, 2.45) is 0 Å². The standard InChI is InChI=1S/C29H30N6O6/c36-26(37)18-34-27-24-15-23(3-1-20(24)2-8-25(27)30-28(38)29(34)39)33-10-9-19(17-33)16-31-11-13-32(14-12-31)21-4-6-22(7-5-21)35(40)41/h4-7,9-10,15,17H,1-3,8,11-14,16,18H2,(H,30,38)(H,36,37). The van der Waals surface area contributed by atoms with E-state index in [-0.39, 0.29) is 10.6 Å². The molecule has 212 valence electrons. The summed E-state index contributed by atoms with van der Waals surface area (Å²) >= 11 is 0. The van der Waals surface area contributed by atoms with E-state index in [9.17, 15) is 29.6 Å². The van der Waals surface area contributed by atoms with Crippen molar-refractivity contribution in [1.29, 1.82) is 0 Å². The zero-order chi connectivity index (χ0) is 28.7. The summed E-state index contributed by atoms with van der Waals surface area (Å²) in [6, 6.07) is 8.78. The second kappa shape index (κ2) is 10.7. The van der Waals surface area contributed by atoms with Gasteiger partial charge in [-0.1, -0.05) is 5.57 Å². The molecule has 0 bridgehead atoms. The van der Waals surface area contributed by atoms with Crippen LogP contribution in [0.15, 0.2) is 64.0 Å². The number of nitro groups is 1. The van der Waals surface area contributed by atoms with Crippen LogP contribution in [0.5, 0.6) is 0 Å². The van der Waals surface area contributed by atoms with Gasteiger partial charge in [-0.25, -0.2) is 0 Å². The number of benzene rings is 1. The van der Waals surface area contributed by atoms with Crippen LogP contribution in [0.2, 0.25) is 0 Å². The minimum absolute atomic E-state index is 0.0923. The number of carboxylic acids is 1. The highest BCUT2D eigenvalue weighted by Crippen LogP contribution is 2.39. The monoisotopic (exact) mass is 558 g/mol. The van der Waals surface area contributed by atoms with Gasteiger partial charge >= 0.3 is 17.1 Å². The van der Waals surface area contributed by atoms with E-state index >= 15 is 0 Å². The third-order valence-electron chi connectivity index (χ3n) is 8.15. The molecule has 6 rings (SSSR count). The summed E-state index contributed by atoms with van der Waals surface area (Å²) < 4.78 is 3.19. The molecule has 0 spiro atoms. The van der Waals surface area contributed by atoms with Gasteiger partial charge in [0.05, 0.1) is 10.6 Å². The zero-order valence-corrected chi connectivity index (χ0v) is 22.4. The van der Waals surface area contributed by atoms with Crippen molar-refractivity contribution in [3.63, 3.8) is 0 Å². The Kier molecular flexibility index (Phi) is 6.91. The molecule has 0 amide bonds. The molecule has 2 N–H and O–H groups in total. The van der Waals surface area contributed by atoms with Crippen LogP contribution >= 0.6 is 0 Å². The van der Waals surface area contributed by atoms with Gasteiger partial charge in [0.1, 0.15) is 6.54 Å². The lowest BCUT2D eigenvalue weighted by Crippen LogP contribution is -2.45. The molecule has 0 radical (unpaired) electrons. The van der Waals surface area contributed by atoms with E-state index < -0.39 is 23.6 Å². The maximum absolute atomic E-state index is 12.6. The Balaban J connectivity index is 1.17. The van der Waals surface area contributed by atoms with Crippen LogP contribution in [0.1, 0.15) is 36.2 Å². The highest BCUT2D eigenvalue weighted by Gasteiger charge is 2.27. The first-order valence-corrected chi connectivity index (χ1v) is 13.7. The zero-order valence-electron chi connectivity index (χ0n) is 22.4. The minimum Gasteiger partial charge on any atom is -0.480 e. The molecule has 0 saturated carbocycles. The van der Waals surface area contributed by atoms with Crippen molar-refractivity contribution in [3.05, 3.63) is 102 Å². The summed E-state index contributed by atoms with van der Waals surface area (Å²) in [5, 5.41) is 20.3. The SMILES string of the molecule is O=C(O)Cn1c2c([nH]c(=O)c1=O)CCC1=C2C=C(n2ccc(CN3CCN(c4ccc([N+](=O)[O-])cc4)CC3)c2)CC1. The third-order valence-corrected chi connectivity index (χ3v) is 8.15. The van der Waals surface area contributed by atoms with Crippen LogP contribution in [-0.2, 0) is 24.3 Å². The molecule has 3 heterocycles. The van der Waals surface area contributed by atoms with Gasteiger partial charge in [0.25, 0.3) is 5.69 Å². The van der Waals surface area contributed by atoms with E-state index in [0.29, 0.717) is 17.8 Å². The molecule has 12 heteroatoms. The summed E-state index contributed by atoms with van der Waals surface area (Å²) in [6.07, 6.45) is 9.12. The van der Waals surface area contributed by atoms with Gasteiger partial charge in [-0.15, -0.1) is 0 Å². The lowest BCUT2D eigenvalue weighted by molar-refractivity contribution is -0.384. The van der Waals surface area contributed by atoms with Gasteiger partial charge in [0.2, 0.25) is 0 Å². The Morgan fingerprint density at radius 1 is 1.00 bits per heavy atom. The van der Waals surface area contributed by atoms with Gasteiger partial charge in [-0.3, -0.25) is 34.0 Å². The highest BCUT2D eigenvalue weighted by atomic mass is 16.6. The van der Waals surface area contributed by atoms with Gasteiger partial charge in [-0.2, -0.15) is 0 Å². The van der Waals surface area contributed by atoms with E-state index in [2.05, 4.69) is 31.6 Å². The number of carboxylic acid groups (broad SMARTS) is 1. The number of hydrogen-bond acceptors (Lipinski definition) is 7. The summed E-state index contributed by atoms with van der Waals surface area (Å²) in [5.41, 5.74) is 4.77. The van der Waals surface area contributed by atoms with Crippen LogP contribution in [0.3, 0.4) is 0 Å². The number of aryl methyl sites for hydroxylation is 1. The fraction of sp³-hybridized carbons (Fsp3) is 0.345. The summed E-state index contributed by atoms with van der Waals surface area (Å²) in [4.78, 5) is 54.2. The molecule has 0 unspecified atom stereocenters. The number of non-ortho nitro benzene ring substituents is 1. The number of H-pyrrole nitrogens is 1. The number of fused-ring (bicyclic) bond motifs is 2. The van der Waals surface area contributed by atoms with Crippen LogP contribution in [-0.4, -0.2) is 61.2 Å². The number of piperazine rings is 1. The van der Waals surface area contributed by atoms with Gasteiger partial charge < -0.3 is 19.6 Å². The topological polar surface area (TPSA) is 147 Å². The van der Waals surface area contributed by atoms with Crippen molar-refractivity contribution in [3.8, 4) is 0 Å². The van der Waals surface area contributed by atoms with Crippen molar-refractivity contribution in [2.75, 3.05) is 31.1 Å². The largest absolute Gasteiger partial charge is 0.480 e. The molecular weight excluding hydrogens is 528 g/mol. The highest BCUT2D eigenvalue weighted by molar-refractivity contribution is 5.85. The van der Waals surface area contributed by atoms with E-state index in [1.54, 1.807) is 24.3 Å². The lowest BCUT2D eigenvalue weighted by Gasteiger charge is -2.36. The molecule has 2 aliphatic carbocycles. The number of rotatable bonds is 7. The smallest absolute Gasteiger partial charge is 0.323 e. The van der Waals surface area contributed by atoms with Crippen LogP contribution in [0, 0.1) is 10.1 Å². The number of carbonyl (C=O) groups is 1. The number of nitro benzene ring substituents is 1. The number of aromatic nitrogens is 3. The minimum atomic E-state index is -1.17. The molecule has 3 aliphatic rings. The van der Waals surface area contributed by atoms with Crippen LogP contribution in [0.25, 0.3) is 11.3 Å². The van der Waals surface area contributed by atoms with Crippen molar-refractivity contribution in [1.82, 2.24) is 19.0 Å². The predicted octanol–water partition coefficient (Wildman–Crippen LogP) is 2.69. The maximum atomic E-state index is 12.6. The van der Waals surface area contributed by atoms with Gasteiger partial charge in [0, 0.05) is 79.9 Å². The molecule has 1 fully saturated rings. The maximum Gasteiger partial charge on any atom is 0.323 e. The normalized spacial score (nSPS) is 17.2. The van der Waals surface area contributed by atoms with Crippen molar-refractivity contribution < 1.29 is 14.8 Å². The average Bonchev–Trinajstić information content (AvgIpc) is 3.43. The molecule has 1 saturated heterocycles.